The third kappa shape index (κ3) is 4.77. The largest absolute Gasteiger partial charge is 0.313 e. The summed E-state index contributed by atoms with van der Waals surface area (Å²) < 4.78 is 1.20. The standard InChI is InChI=1S/C18H22BrN/c1-2-12-20-17(13-15-8-4-3-5-9-15)14-16-10-6-7-11-18(16)19/h3-11,17,20H,2,12-14H2,1H3. The Morgan fingerprint density at radius 2 is 1.65 bits per heavy atom. The van der Waals surface area contributed by atoms with Crippen LogP contribution in [0.25, 0.3) is 0 Å². The van der Waals surface area contributed by atoms with Crippen molar-refractivity contribution in [2.75, 3.05) is 6.54 Å². The van der Waals surface area contributed by atoms with Crippen LogP contribution in [-0.2, 0) is 12.8 Å². The molecule has 0 aliphatic rings. The van der Waals surface area contributed by atoms with E-state index in [1.807, 2.05) is 0 Å². The maximum Gasteiger partial charge on any atom is 0.0207 e. The van der Waals surface area contributed by atoms with Crippen LogP contribution in [0.1, 0.15) is 24.5 Å². The molecular weight excluding hydrogens is 310 g/mol. The lowest BCUT2D eigenvalue weighted by Gasteiger charge is -2.19. The Balaban J connectivity index is 2.05. The summed E-state index contributed by atoms with van der Waals surface area (Å²) in [6.07, 6.45) is 3.29. The number of benzene rings is 2. The Labute approximate surface area is 130 Å². The first-order valence-electron chi connectivity index (χ1n) is 7.30. The van der Waals surface area contributed by atoms with E-state index in [2.05, 4.69) is 82.8 Å². The molecule has 0 saturated carbocycles. The van der Waals surface area contributed by atoms with Gasteiger partial charge in [-0.15, -0.1) is 0 Å². The van der Waals surface area contributed by atoms with Crippen molar-refractivity contribution in [3.8, 4) is 0 Å². The molecule has 2 aromatic carbocycles. The van der Waals surface area contributed by atoms with Gasteiger partial charge in [0.05, 0.1) is 0 Å². The molecule has 1 N–H and O–H groups in total. The first-order valence-corrected chi connectivity index (χ1v) is 8.09. The van der Waals surface area contributed by atoms with Gasteiger partial charge in [0.1, 0.15) is 0 Å². The molecule has 106 valence electrons. The SMILES string of the molecule is CCCNC(Cc1ccccc1)Cc1ccccc1Br. The Morgan fingerprint density at radius 3 is 2.35 bits per heavy atom. The molecule has 0 radical (unpaired) electrons. The van der Waals surface area contributed by atoms with E-state index in [1.165, 1.54) is 22.0 Å². The van der Waals surface area contributed by atoms with E-state index in [9.17, 15) is 0 Å². The first-order chi connectivity index (χ1) is 9.79. The van der Waals surface area contributed by atoms with E-state index in [0.29, 0.717) is 6.04 Å². The van der Waals surface area contributed by atoms with Crippen LogP contribution in [0.3, 0.4) is 0 Å². The normalized spacial score (nSPS) is 12.3. The van der Waals surface area contributed by atoms with Crippen molar-refractivity contribution in [2.24, 2.45) is 0 Å². The molecule has 2 rings (SSSR count). The number of rotatable bonds is 7. The van der Waals surface area contributed by atoms with Crippen LogP contribution in [0, 0.1) is 0 Å². The third-order valence-corrected chi connectivity index (χ3v) is 4.21. The maximum absolute atomic E-state index is 3.67. The lowest BCUT2D eigenvalue weighted by molar-refractivity contribution is 0.504. The molecule has 2 aromatic rings. The highest BCUT2D eigenvalue weighted by atomic mass is 79.9. The van der Waals surface area contributed by atoms with E-state index >= 15 is 0 Å². The van der Waals surface area contributed by atoms with Gasteiger partial charge >= 0.3 is 0 Å². The summed E-state index contributed by atoms with van der Waals surface area (Å²) in [5.41, 5.74) is 2.77. The van der Waals surface area contributed by atoms with Crippen molar-refractivity contribution in [3.63, 3.8) is 0 Å². The Kier molecular flexibility index (Phi) is 6.28. The van der Waals surface area contributed by atoms with Crippen LogP contribution < -0.4 is 5.32 Å². The minimum Gasteiger partial charge on any atom is -0.313 e. The summed E-state index contributed by atoms with van der Waals surface area (Å²) in [6.45, 7) is 3.28. The van der Waals surface area contributed by atoms with Crippen LogP contribution >= 0.6 is 15.9 Å². The summed E-state index contributed by atoms with van der Waals surface area (Å²) in [7, 11) is 0. The lowest BCUT2D eigenvalue weighted by atomic mass is 9.99. The maximum atomic E-state index is 3.67. The fourth-order valence-electron chi connectivity index (χ4n) is 2.39. The predicted octanol–water partition coefficient (Wildman–Crippen LogP) is 4.60. The molecule has 0 aliphatic carbocycles. The highest BCUT2D eigenvalue weighted by Crippen LogP contribution is 2.18. The molecule has 1 atom stereocenters. The third-order valence-electron chi connectivity index (χ3n) is 3.43. The summed E-state index contributed by atoms with van der Waals surface area (Å²) in [5.74, 6) is 0. The molecule has 1 nitrogen and oxygen atoms in total. The molecule has 20 heavy (non-hydrogen) atoms. The fourth-order valence-corrected chi connectivity index (χ4v) is 2.84. The first kappa shape index (κ1) is 15.3. The van der Waals surface area contributed by atoms with Crippen molar-refractivity contribution in [1.29, 1.82) is 0 Å². The number of nitrogens with one attached hydrogen (secondary N) is 1. The molecule has 0 heterocycles. The number of hydrogen-bond donors (Lipinski definition) is 1. The Bertz CT molecular complexity index is 510. The molecule has 2 heteroatoms. The zero-order valence-electron chi connectivity index (χ0n) is 12.0. The van der Waals surface area contributed by atoms with Gasteiger partial charge in [-0.3, -0.25) is 0 Å². The second kappa shape index (κ2) is 8.23. The number of halogens is 1. The predicted molar refractivity (Wildman–Crippen MR) is 90.1 cm³/mol. The van der Waals surface area contributed by atoms with Crippen molar-refractivity contribution in [2.45, 2.75) is 32.2 Å². The highest BCUT2D eigenvalue weighted by molar-refractivity contribution is 9.10. The van der Waals surface area contributed by atoms with Gasteiger partial charge in [-0.25, -0.2) is 0 Å². The quantitative estimate of drug-likeness (QED) is 0.781. The molecule has 0 amide bonds. The van der Waals surface area contributed by atoms with Gasteiger partial charge in [-0.2, -0.15) is 0 Å². The van der Waals surface area contributed by atoms with Crippen molar-refractivity contribution >= 4 is 15.9 Å². The summed E-state index contributed by atoms with van der Waals surface area (Å²) in [5, 5.41) is 3.67. The smallest absolute Gasteiger partial charge is 0.0207 e. The minimum absolute atomic E-state index is 0.482. The van der Waals surface area contributed by atoms with E-state index in [4.69, 9.17) is 0 Å². The zero-order valence-corrected chi connectivity index (χ0v) is 13.6. The number of hydrogen-bond acceptors (Lipinski definition) is 1. The van der Waals surface area contributed by atoms with E-state index < -0.39 is 0 Å². The van der Waals surface area contributed by atoms with Gasteiger partial charge in [0, 0.05) is 10.5 Å². The van der Waals surface area contributed by atoms with E-state index in [1.54, 1.807) is 0 Å². The molecule has 0 aliphatic heterocycles. The summed E-state index contributed by atoms with van der Waals surface area (Å²) in [4.78, 5) is 0. The van der Waals surface area contributed by atoms with Crippen LogP contribution in [-0.4, -0.2) is 12.6 Å². The van der Waals surface area contributed by atoms with Gasteiger partial charge in [0.2, 0.25) is 0 Å². The van der Waals surface area contributed by atoms with Gasteiger partial charge < -0.3 is 5.32 Å². The molecule has 1 unspecified atom stereocenters. The average molecular weight is 332 g/mol. The minimum atomic E-state index is 0.482. The summed E-state index contributed by atoms with van der Waals surface area (Å²) in [6, 6.07) is 19.7. The van der Waals surface area contributed by atoms with Crippen LogP contribution in [0.2, 0.25) is 0 Å². The second-order valence-electron chi connectivity index (χ2n) is 5.14. The molecule has 0 spiro atoms. The van der Waals surface area contributed by atoms with Gasteiger partial charge in [0.25, 0.3) is 0 Å². The molecule has 0 aromatic heterocycles. The van der Waals surface area contributed by atoms with Crippen molar-refractivity contribution < 1.29 is 0 Å². The highest BCUT2D eigenvalue weighted by Gasteiger charge is 2.11. The zero-order chi connectivity index (χ0) is 14.2. The van der Waals surface area contributed by atoms with Crippen LogP contribution in [0.15, 0.2) is 59.1 Å². The second-order valence-corrected chi connectivity index (χ2v) is 5.99. The van der Waals surface area contributed by atoms with Crippen LogP contribution in [0.4, 0.5) is 0 Å². The molecule has 0 saturated heterocycles. The Hall–Kier alpha value is -1.12. The van der Waals surface area contributed by atoms with Crippen molar-refractivity contribution in [3.05, 3.63) is 70.2 Å². The van der Waals surface area contributed by atoms with E-state index in [-0.39, 0.29) is 0 Å². The van der Waals surface area contributed by atoms with E-state index in [0.717, 1.165) is 19.4 Å². The van der Waals surface area contributed by atoms with Gasteiger partial charge in [-0.05, 0) is 43.0 Å². The molecular formula is C18H22BrN. The average Bonchev–Trinajstić information content (AvgIpc) is 2.48. The summed E-state index contributed by atoms with van der Waals surface area (Å²) >= 11 is 3.65. The molecule has 0 fully saturated rings. The fraction of sp³-hybridized carbons (Fsp3) is 0.333. The topological polar surface area (TPSA) is 12.0 Å². The molecule has 0 bridgehead atoms. The lowest BCUT2D eigenvalue weighted by Crippen LogP contribution is -2.33. The monoisotopic (exact) mass is 331 g/mol. The van der Waals surface area contributed by atoms with Gasteiger partial charge in [-0.1, -0.05) is 71.4 Å². The van der Waals surface area contributed by atoms with Gasteiger partial charge in [0.15, 0.2) is 0 Å². The Morgan fingerprint density at radius 1 is 0.950 bits per heavy atom. The van der Waals surface area contributed by atoms with Crippen LogP contribution in [0.5, 0.6) is 0 Å². The van der Waals surface area contributed by atoms with Crippen molar-refractivity contribution in [1.82, 2.24) is 5.32 Å².